The van der Waals surface area contributed by atoms with Crippen molar-refractivity contribution < 1.29 is 19.4 Å². The average molecular weight is 479 g/mol. The standard InChI is InChI=1S/C27H34N4O4/c1-5-24-23(17-31(30-24)21-10-12-22(35-4)13-11-21)25(16-18(2)3)29-20-8-6-19(7-9-20)27(34)28-15-14-26(32)33/h6-13,17-18,25,29H,5,14-16H2,1-4H3,(H,28,34)(H,32,33). The highest BCUT2D eigenvalue weighted by atomic mass is 16.5. The number of carbonyl (C=O) groups excluding carboxylic acids is 1. The number of nitrogens with zero attached hydrogens (tertiary/aromatic N) is 2. The summed E-state index contributed by atoms with van der Waals surface area (Å²) in [5.41, 5.74) is 4.54. The topological polar surface area (TPSA) is 105 Å². The van der Waals surface area contributed by atoms with Crippen molar-refractivity contribution in [1.82, 2.24) is 15.1 Å². The van der Waals surface area contributed by atoms with Gasteiger partial charge in [-0.15, -0.1) is 0 Å². The van der Waals surface area contributed by atoms with Gasteiger partial charge in [0.25, 0.3) is 5.91 Å². The number of anilines is 1. The van der Waals surface area contributed by atoms with Crippen LogP contribution in [0.4, 0.5) is 5.69 Å². The van der Waals surface area contributed by atoms with Crippen molar-refractivity contribution in [3.8, 4) is 11.4 Å². The zero-order valence-corrected chi connectivity index (χ0v) is 20.7. The molecule has 3 rings (SSSR count). The highest BCUT2D eigenvalue weighted by Crippen LogP contribution is 2.30. The largest absolute Gasteiger partial charge is 0.497 e. The number of nitrogens with one attached hydrogen (secondary N) is 2. The number of amides is 1. The number of carboxylic acid groups (broad SMARTS) is 1. The van der Waals surface area contributed by atoms with Crippen LogP contribution in [0.3, 0.4) is 0 Å². The van der Waals surface area contributed by atoms with E-state index in [1.807, 2.05) is 41.1 Å². The number of aliphatic carboxylic acids is 1. The van der Waals surface area contributed by atoms with Gasteiger partial charge in [-0.1, -0.05) is 20.8 Å². The molecule has 0 aliphatic rings. The first-order valence-corrected chi connectivity index (χ1v) is 11.9. The summed E-state index contributed by atoms with van der Waals surface area (Å²) in [5.74, 6) is 0.0319. The number of hydrogen-bond donors (Lipinski definition) is 3. The Balaban J connectivity index is 1.79. The van der Waals surface area contributed by atoms with E-state index in [1.165, 1.54) is 0 Å². The number of carbonyl (C=O) groups is 2. The number of hydrogen-bond acceptors (Lipinski definition) is 5. The minimum atomic E-state index is -0.942. The minimum absolute atomic E-state index is 0.0483. The molecule has 1 amide bonds. The van der Waals surface area contributed by atoms with Crippen molar-refractivity contribution in [2.45, 2.75) is 46.1 Å². The first-order valence-electron chi connectivity index (χ1n) is 11.9. The molecule has 0 spiro atoms. The van der Waals surface area contributed by atoms with E-state index in [0.717, 1.165) is 41.2 Å². The number of methoxy groups -OCH3 is 1. The molecule has 0 saturated heterocycles. The van der Waals surface area contributed by atoms with Crippen LogP contribution in [0.1, 0.15) is 61.3 Å². The van der Waals surface area contributed by atoms with Gasteiger partial charge in [-0.2, -0.15) is 5.10 Å². The Morgan fingerprint density at radius 3 is 2.34 bits per heavy atom. The summed E-state index contributed by atoms with van der Waals surface area (Å²) >= 11 is 0. The fraction of sp³-hybridized carbons (Fsp3) is 0.370. The molecule has 3 N–H and O–H groups in total. The van der Waals surface area contributed by atoms with Crippen LogP contribution in [0.15, 0.2) is 54.7 Å². The van der Waals surface area contributed by atoms with Crippen molar-refractivity contribution in [1.29, 1.82) is 0 Å². The summed E-state index contributed by atoms with van der Waals surface area (Å²) in [6, 6.07) is 15.1. The number of aromatic nitrogens is 2. The first-order chi connectivity index (χ1) is 16.8. The summed E-state index contributed by atoms with van der Waals surface area (Å²) in [6.45, 7) is 6.59. The van der Waals surface area contributed by atoms with Gasteiger partial charge in [0.05, 0.1) is 31.0 Å². The number of rotatable bonds is 12. The monoisotopic (exact) mass is 478 g/mol. The Morgan fingerprint density at radius 1 is 1.09 bits per heavy atom. The normalized spacial score (nSPS) is 11.8. The summed E-state index contributed by atoms with van der Waals surface area (Å²) < 4.78 is 7.18. The van der Waals surface area contributed by atoms with Gasteiger partial charge in [0, 0.05) is 29.6 Å². The summed E-state index contributed by atoms with van der Waals surface area (Å²) in [6.07, 6.45) is 3.71. The molecule has 8 heteroatoms. The van der Waals surface area contributed by atoms with Crippen LogP contribution in [0.2, 0.25) is 0 Å². The van der Waals surface area contributed by atoms with E-state index in [0.29, 0.717) is 11.5 Å². The molecule has 0 fully saturated rings. The zero-order chi connectivity index (χ0) is 25.4. The van der Waals surface area contributed by atoms with Gasteiger partial charge in [0.1, 0.15) is 5.75 Å². The summed E-state index contributed by atoms with van der Waals surface area (Å²) in [7, 11) is 1.65. The molecule has 186 valence electrons. The molecule has 35 heavy (non-hydrogen) atoms. The van der Waals surface area contributed by atoms with E-state index in [-0.39, 0.29) is 24.9 Å². The van der Waals surface area contributed by atoms with E-state index in [4.69, 9.17) is 14.9 Å². The molecule has 0 aliphatic heterocycles. The Labute approximate surface area is 206 Å². The lowest BCUT2D eigenvalue weighted by Crippen LogP contribution is -2.25. The Bertz CT molecular complexity index is 1120. The second-order valence-corrected chi connectivity index (χ2v) is 8.83. The molecule has 1 unspecified atom stereocenters. The lowest BCUT2D eigenvalue weighted by Gasteiger charge is -2.22. The molecule has 3 aromatic rings. The van der Waals surface area contributed by atoms with Crippen molar-refractivity contribution in [3.05, 3.63) is 71.5 Å². The number of benzene rings is 2. The Kier molecular flexibility index (Phi) is 8.89. The van der Waals surface area contributed by atoms with Crippen LogP contribution in [0.25, 0.3) is 5.69 Å². The van der Waals surface area contributed by atoms with Gasteiger partial charge in [-0.05, 0) is 67.3 Å². The minimum Gasteiger partial charge on any atom is -0.497 e. The first kappa shape index (κ1) is 25.8. The molecule has 8 nitrogen and oxygen atoms in total. The van der Waals surface area contributed by atoms with Crippen molar-refractivity contribution in [3.63, 3.8) is 0 Å². The molecular formula is C27H34N4O4. The fourth-order valence-electron chi connectivity index (χ4n) is 3.90. The van der Waals surface area contributed by atoms with Gasteiger partial charge in [0.2, 0.25) is 0 Å². The molecule has 0 radical (unpaired) electrons. The summed E-state index contributed by atoms with van der Waals surface area (Å²) in [5, 5.41) is 19.8. The van der Waals surface area contributed by atoms with Gasteiger partial charge >= 0.3 is 5.97 Å². The molecule has 0 bridgehead atoms. The maximum Gasteiger partial charge on any atom is 0.305 e. The van der Waals surface area contributed by atoms with E-state index in [2.05, 4.69) is 37.6 Å². The Morgan fingerprint density at radius 2 is 1.77 bits per heavy atom. The molecular weight excluding hydrogens is 444 g/mol. The maximum absolute atomic E-state index is 12.2. The molecule has 1 aromatic heterocycles. The van der Waals surface area contributed by atoms with E-state index < -0.39 is 5.97 Å². The number of aryl methyl sites for hydroxylation is 1. The van der Waals surface area contributed by atoms with Crippen LogP contribution >= 0.6 is 0 Å². The molecule has 0 aliphatic carbocycles. The third-order valence-electron chi connectivity index (χ3n) is 5.69. The maximum atomic E-state index is 12.2. The third-order valence-corrected chi connectivity index (χ3v) is 5.69. The highest BCUT2D eigenvalue weighted by molar-refractivity contribution is 5.94. The van der Waals surface area contributed by atoms with Crippen molar-refractivity contribution in [2.75, 3.05) is 19.0 Å². The number of carboxylic acids is 1. The third kappa shape index (κ3) is 7.09. The van der Waals surface area contributed by atoms with Crippen LogP contribution in [0.5, 0.6) is 5.75 Å². The second kappa shape index (κ2) is 12.1. The molecule has 1 atom stereocenters. The van der Waals surface area contributed by atoms with Gasteiger partial charge in [-0.3, -0.25) is 9.59 Å². The molecule has 2 aromatic carbocycles. The second-order valence-electron chi connectivity index (χ2n) is 8.83. The van der Waals surface area contributed by atoms with E-state index in [9.17, 15) is 9.59 Å². The van der Waals surface area contributed by atoms with Crippen LogP contribution in [-0.2, 0) is 11.2 Å². The predicted molar refractivity (Wildman–Crippen MR) is 136 cm³/mol. The van der Waals surface area contributed by atoms with Crippen LogP contribution in [0, 0.1) is 5.92 Å². The predicted octanol–water partition coefficient (Wildman–Crippen LogP) is 4.85. The summed E-state index contributed by atoms with van der Waals surface area (Å²) in [4.78, 5) is 22.9. The van der Waals surface area contributed by atoms with Gasteiger partial charge < -0.3 is 20.5 Å². The smallest absolute Gasteiger partial charge is 0.305 e. The average Bonchev–Trinajstić information content (AvgIpc) is 3.28. The SMILES string of the molecule is CCc1nn(-c2ccc(OC)cc2)cc1C(CC(C)C)Nc1ccc(C(=O)NCCC(=O)O)cc1. The highest BCUT2D eigenvalue weighted by Gasteiger charge is 2.20. The zero-order valence-electron chi connectivity index (χ0n) is 20.7. The van der Waals surface area contributed by atoms with Crippen molar-refractivity contribution >= 4 is 17.6 Å². The van der Waals surface area contributed by atoms with Gasteiger partial charge in [0.15, 0.2) is 0 Å². The quantitative estimate of drug-likeness (QED) is 0.344. The van der Waals surface area contributed by atoms with Gasteiger partial charge in [-0.25, -0.2) is 4.68 Å². The lowest BCUT2D eigenvalue weighted by atomic mass is 9.96. The molecule has 1 heterocycles. The van der Waals surface area contributed by atoms with Crippen molar-refractivity contribution in [2.24, 2.45) is 5.92 Å². The van der Waals surface area contributed by atoms with E-state index >= 15 is 0 Å². The van der Waals surface area contributed by atoms with E-state index in [1.54, 1.807) is 19.2 Å². The van der Waals surface area contributed by atoms with Crippen LogP contribution < -0.4 is 15.4 Å². The lowest BCUT2D eigenvalue weighted by molar-refractivity contribution is -0.136. The Hall–Kier alpha value is -3.81. The molecule has 0 saturated carbocycles. The fourth-order valence-corrected chi connectivity index (χ4v) is 3.90. The number of ether oxygens (including phenoxy) is 1. The van der Waals surface area contributed by atoms with Crippen LogP contribution in [-0.4, -0.2) is 40.4 Å².